The van der Waals surface area contributed by atoms with Crippen molar-refractivity contribution in [1.29, 1.82) is 0 Å². The van der Waals surface area contributed by atoms with Gasteiger partial charge in [0.1, 0.15) is 0 Å². The first kappa shape index (κ1) is 17.9. The van der Waals surface area contributed by atoms with Crippen LogP contribution in [-0.2, 0) is 4.79 Å². The number of pyridine rings is 1. The third kappa shape index (κ3) is 4.24. The van der Waals surface area contributed by atoms with Gasteiger partial charge < -0.3 is 9.80 Å². The Morgan fingerprint density at radius 3 is 2.44 bits per heavy atom. The Hall–Kier alpha value is -2.54. The molecule has 4 rings (SSSR count). The summed E-state index contributed by atoms with van der Waals surface area (Å²) in [6.45, 7) is 4.71. The average molecular weight is 366 g/mol. The van der Waals surface area contributed by atoms with Crippen molar-refractivity contribution in [2.24, 2.45) is 0 Å². The topological polar surface area (TPSA) is 65.5 Å². The van der Waals surface area contributed by atoms with E-state index in [4.69, 9.17) is 0 Å². The van der Waals surface area contributed by atoms with Crippen molar-refractivity contribution in [3.05, 3.63) is 48.5 Å². The number of amides is 1. The number of piperidine rings is 1. The highest BCUT2D eigenvalue weighted by atomic mass is 16.2. The van der Waals surface area contributed by atoms with E-state index in [1.54, 1.807) is 12.4 Å². The van der Waals surface area contributed by atoms with Crippen molar-refractivity contribution in [2.45, 2.75) is 25.3 Å². The fraction of sp³-hybridized carbons (Fsp3) is 0.500. The maximum absolute atomic E-state index is 13.0. The van der Waals surface area contributed by atoms with Gasteiger partial charge in [-0.25, -0.2) is 9.97 Å². The predicted octanol–water partition coefficient (Wildman–Crippen LogP) is 1.75. The highest BCUT2D eigenvalue weighted by Gasteiger charge is 2.30. The molecule has 0 N–H and O–H groups in total. The van der Waals surface area contributed by atoms with Gasteiger partial charge in [0.2, 0.25) is 11.9 Å². The van der Waals surface area contributed by atoms with E-state index in [9.17, 15) is 4.79 Å². The lowest BCUT2D eigenvalue weighted by Crippen LogP contribution is -2.51. The average Bonchev–Trinajstić information content (AvgIpc) is 2.75. The highest BCUT2D eigenvalue weighted by Crippen LogP contribution is 2.29. The molecular formula is C20H26N6O. The normalized spacial score (nSPS) is 21.3. The summed E-state index contributed by atoms with van der Waals surface area (Å²) in [4.78, 5) is 32.6. The van der Waals surface area contributed by atoms with E-state index < -0.39 is 0 Å². The summed E-state index contributed by atoms with van der Waals surface area (Å²) in [6, 6.07) is 7.91. The van der Waals surface area contributed by atoms with Crippen molar-refractivity contribution in [1.82, 2.24) is 24.8 Å². The van der Waals surface area contributed by atoms with Crippen LogP contribution in [0.25, 0.3) is 0 Å². The molecule has 1 atom stereocenters. The summed E-state index contributed by atoms with van der Waals surface area (Å²) in [5.74, 6) is 0.990. The second-order valence-corrected chi connectivity index (χ2v) is 7.17. The molecule has 2 aliphatic heterocycles. The van der Waals surface area contributed by atoms with Crippen molar-refractivity contribution in [3.8, 4) is 0 Å². The Morgan fingerprint density at radius 2 is 1.70 bits per heavy atom. The number of aromatic nitrogens is 3. The number of piperazine rings is 1. The van der Waals surface area contributed by atoms with Crippen LogP contribution in [0.5, 0.6) is 0 Å². The van der Waals surface area contributed by atoms with Crippen molar-refractivity contribution in [2.75, 3.05) is 44.2 Å². The summed E-state index contributed by atoms with van der Waals surface area (Å²) < 4.78 is 0. The molecule has 2 aliphatic rings. The minimum Gasteiger partial charge on any atom is -0.338 e. The van der Waals surface area contributed by atoms with Gasteiger partial charge in [0.25, 0.3) is 0 Å². The Morgan fingerprint density at radius 1 is 0.926 bits per heavy atom. The van der Waals surface area contributed by atoms with Crippen LogP contribution in [0.2, 0.25) is 0 Å². The largest absolute Gasteiger partial charge is 0.338 e. The SMILES string of the molecule is O=C(CN1CCN(c2ncccn2)CC1)N1CCCC[C@@H]1c1ccccn1. The van der Waals surface area contributed by atoms with Crippen LogP contribution in [0.1, 0.15) is 31.0 Å². The van der Waals surface area contributed by atoms with Crippen LogP contribution >= 0.6 is 0 Å². The Kier molecular flexibility index (Phi) is 5.58. The van der Waals surface area contributed by atoms with Crippen LogP contribution in [-0.4, -0.2) is 69.9 Å². The summed E-state index contributed by atoms with van der Waals surface area (Å²) >= 11 is 0. The number of hydrogen-bond acceptors (Lipinski definition) is 6. The molecule has 0 saturated carbocycles. The molecule has 27 heavy (non-hydrogen) atoms. The number of rotatable bonds is 4. The molecule has 0 aliphatic carbocycles. The molecule has 2 aromatic rings. The van der Waals surface area contributed by atoms with Crippen LogP contribution in [0.15, 0.2) is 42.9 Å². The molecule has 142 valence electrons. The van der Waals surface area contributed by atoms with Gasteiger partial charge in [-0.2, -0.15) is 0 Å². The first-order chi connectivity index (χ1) is 13.3. The second kappa shape index (κ2) is 8.43. The van der Waals surface area contributed by atoms with E-state index in [1.165, 1.54) is 0 Å². The van der Waals surface area contributed by atoms with Gasteiger partial charge in [0.05, 0.1) is 18.3 Å². The quantitative estimate of drug-likeness (QED) is 0.821. The second-order valence-electron chi connectivity index (χ2n) is 7.17. The lowest BCUT2D eigenvalue weighted by Gasteiger charge is -2.38. The molecule has 0 aromatic carbocycles. The molecule has 0 radical (unpaired) electrons. The van der Waals surface area contributed by atoms with Gasteiger partial charge in [0, 0.05) is 51.3 Å². The van der Waals surface area contributed by atoms with Gasteiger partial charge in [-0.15, -0.1) is 0 Å². The smallest absolute Gasteiger partial charge is 0.237 e. The van der Waals surface area contributed by atoms with Crippen molar-refractivity contribution < 1.29 is 4.79 Å². The van der Waals surface area contributed by atoms with Gasteiger partial charge in [-0.1, -0.05) is 6.07 Å². The molecule has 0 spiro atoms. The van der Waals surface area contributed by atoms with E-state index >= 15 is 0 Å². The summed E-state index contributed by atoms with van der Waals surface area (Å²) in [7, 11) is 0. The van der Waals surface area contributed by atoms with Crippen LogP contribution in [0.4, 0.5) is 5.95 Å². The van der Waals surface area contributed by atoms with E-state index in [0.717, 1.165) is 63.6 Å². The standard InChI is InChI=1S/C20H26N6O/c27-19(26-11-4-2-7-18(26)17-6-1-3-8-21-17)16-24-12-14-25(15-13-24)20-22-9-5-10-23-20/h1,3,5-6,8-10,18H,2,4,7,11-16H2/t18-/m1/s1. The molecular weight excluding hydrogens is 340 g/mol. The van der Waals surface area contributed by atoms with Crippen molar-refractivity contribution in [3.63, 3.8) is 0 Å². The Balaban J connectivity index is 1.34. The molecule has 1 amide bonds. The maximum Gasteiger partial charge on any atom is 0.237 e. The molecule has 4 heterocycles. The van der Waals surface area contributed by atoms with E-state index in [-0.39, 0.29) is 11.9 Å². The number of likely N-dealkylation sites (tertiary alicyclic amines) is 1. The summed E-state index contributed by atoms with van der Waals surface area (Å²) in [6.07, 6.45) is 8.59. The van der Waals surface area contributed by atoms with Gasteiger partial charge >= 0.3 is 0 Å². The third-order valence-electron chi connectivity index (χ3n) is 5.42. The Bertz CT molecular complexity index is 733. The van der Waals surface area contributed by atoms with Crippen LogP contribution < -0.4 is 4.90 Å². The predicted molar refractivity (Wildman–Crippen MR) is 103 cm³/mol. The number of carbonyl (C=O) groups is 1. The number of anilines is 1. The number of hydrogen-bond donors (Lipinski definition) is 0. The summed E-state index contributed by atoms with van der Waals surface area (Å²) in [5, 5.41) is 0. The fourth-order valence-electron chi connectivity index (χ4n) is 3.95. The highest BCUT2D eigenvalue weighted by molar-refractivity contribution is 5.79. The Labute approximate surface area is 160 Å². The monoisotopic (exact) mass is 366 g/mol. The first-order valence-corrected chi connectivity index (χ1v) is 9.76. The van der Waals surface area contributed by atoms with Crippen LogP contribution in [0.3, 0.4) is 0 Å². The summed E-state index contributed by atoms with van der Waals surface area (Å²) in [5.41, 5.74) is 1.01. The maximum atomic E-state index is 13.0. The molecule has 2 fully saturated rings. The van der Waals surface area contributed by atoms with Crippen LogP contribution in [0, 0.1) is 0 Å². The number of carbonyl (C=O) groups excluding carboxylic acids is 1. The minimum atomic E-state index is 0.117. The van der Waals surface area contributed by atoms with Gasteiger partial charge in [-0.3, -0.25) is 14.7 Å². The lowest BCUT2D eigenvalue weighted by atomic mass is 9.98. The van der Waals surface area contributed by atoms with Gasteiger partial charge in [0.15, 0.2) is 0 Å². The molecule has 7 heteroatoms. The number of nitrogens with zero attached hydrogens (tertiary/aromatic N) is 6. The molecule has 0 bridgehead atoms. The van der Waals surface area contributed by atoms with Gasteiger partial charge in [-0.05, 0) is 37.5 Å². The minimum absolute atomic E-state index is 0.117. The van der Waals surface area contributed by atoms with E-state index in [1.807, 2.05) is 35.4 Å². The zero-order chi connectivity index (χ0) is 18.5. The van der Waals surface area contributed by atoms with E-state index in [0.29, 0.717) is 6.54 Å². The third-order valence-corrected chi connectivity index (χ3v) is 5.42. The zero-order valence-corrected chi connectivity index (χ0v) is 15.6. The molecule has 2 saturated heterocycles. The zero-order valence-electron chi connectivity index (χ0n) is 15.6. The van der Waals surface area contributed by atoms with E-state index in [2.05, 4.69) is 24.8 Å². The lowest BCUT2D eigenvalue weighted by molar-refractivity contribution is -0.136. The first-order valence-electron chi connectivity index (χ1n) is 9.76. The molecule has 7 nitrogen and oxygen atoms in total. The molecule has 0 unspecified atom stereocenters. The fourth-order valence-corrected chi connectivity index (χ4v) is 3.95. The van der Waals surface area contributed by atoms with Crippen molar-refractivity contribution >= 4 is 11.9 Å². The molecule has 2 aromatic heterocycles.